The van der Waals surface area contributed by atoms with Crippen LogP contribution in [0, 0.1) is 5.92 Å². The quantitative estimate of drug-likeness (QED) is 0.752. The first kappa shape index (κ1) is 16.2. The molecule has 2 aromatic rings. The number of nitrogens with two attached hydrogens (primary N) is 1. The van der Waals surface area contributed by atoms with E-state index in [9.17, 15) is 9.59 Å². The first-order chi connectivity index (χ1) is 11.6. The molecule has 1 atom stereocenters. The number of para-hydroxylation sites is 1. The van der Waals surface area contributed by atoms with E-state index in [0.29, 0.717) is 18.2 Å². The van der Waals surface area contributed by atoms with Gasteiger partial charge < -0.3 is 16.4 Å². The van der Waals surface area contributed by atoms with Crippen molar-refractivity contribution in [1.29, 1.82) is 0 Å². The lowest BCUT2D eigenvalue weighted by Crippen LogP contribution is -2.38. The van der Waals surface area contributed by atoms with Gasteiger partial charge in [-0.15, -0.1) is 0 Å². The van der Waals surface area contributed by atoms with Crippen molar-refractivity contribution in [2.24, 2.45) is 11.7 Å². The lowest BCUT2D eigenvalue weighted by molar-refractivity contribution is 0.0938. The molecule has 126 valence electrons. The summed E-state index contributed by atoms with van der Waals surface area (Å²) in [5.74, 6) is -0.492. The highest BCUT2D eigenvalue weighted by molar-refractivity contribution is 5.97. The van der Waals surface area contributed by atoms with Crippen LogP contribution in [-0.4, -0.2) is 41.2 Å². The maximum Gasteiger partial charge on any atom is 0.271 e. The molecule has 0 aliphatic carbocycles. The minimum Gasteiger partial charge on any atom is -0.364 e. The molecule has 1 fully saturated rings. The molecule has 0 bridgehead atoms. The number of benzene rings is 1. The second-order valence-corrected chi connectivity index (χ2v) is 5.95. The van der Waals surface area contributed by atoms with Crippen LogP contribution in [0.15, 0.2) is 36.4 Å². The van der Waals surface area contributed by atoms with E-state index < -0.39 is 5.91 Å². The SMILES string of the molecule is NC(=O)c1cc(C(=O)NCC2CCCNC2)nn1-c1ccccc1. The van der Waals surface area contributed by atoms with Crippen LogP contribution in [0.5, 0.6) is 0 Å². The van der Waals surface area contributed by atoms with Crippen molar-refractivity contribution in [3.8, 4) is 5.69 Å². The second-order valence-electron chi connectivity index (χ2n) is 5.95. The summed E-state index contributed by atoms with van der Waals surface area (Å²) < 4.78 is 1.40. The Hall–Kier alpha value is -2.67. The van der Waals surface area contributed by atoms with Crippen LogP contribution in [0.4, 0.5) is 0 Å². The molecule has 3 rings (SSSR count). The number of aromatic nitrogens is 2. The maximum atomic E-state index is 12.3. The molecule has 1 aromatic heterocycles. The van der Waals surface area contributed by atoms with Gasteiger partial charge in [0.05, 0.1) is 5.69 Å². The smallest absolute Gasteiger partial charge is 0.271 e. The number of carbonyl (C=O) groups is 2. The Morgan fingerprint density at radius 2 is 2.12 bits per heavy atom. The Morgan fingerprint density at radius 1 is 1.33 bits per heavy atom. The van der Waals surface area contributed by atoms with Gasteiger partial charge in [0, 0.05) is 12.6 Å². The van der Waals surface area contributed by atoms with Crippen LogP contribution in [0.3, 0.4) is 0 Å². The van der Waals surface area contributed by atoms with Crippen molar-refractivity contribution in [2.75, 3.05) is 19.6 Å². The van der Waals surface area contributed by atoms with Crippen molar-refractivity contribution in [1.82, 2.24) is 20.4 Å². The summed E-state index contributed by atoms with van der Waals surface area (Å²) in [4.78, 5) is 24.0. The van der Waals surface area contributed by atoms with Gasteiger partial charge >= 0.3 is 0 Å². The van der Waals surface area contributed by atoms with E-state index in [1.165, 1.54) is 10.7 Å². The number of hydrogen-bond acceptors (Lipinski definition) is 4. The van der Waals surface area contributed by atoms with Crippen molar-refractivity contribution >= 4 is 11.8 Å². The number of piperidine rings is 1. The third-order valence-corrected chi connectivity index (χ3v) is 4.15. The predicted octanol–water partition coefficient (Wildman–Crippen LogP) is 0.701. The summed E-state index contributed by atoms with van der Waals surface area (Å²) in [6.45, 7) is 2.54. The molecule has 0 saturated carbocycles. The van der Waals surface area contributed by atoms with E-state index >= 15 is 0 Å². The van der Waals surface area contributed by atoms with E-state index in [0.717, 1.165) is 25.9 Å². The van der Waals surface area contributed by atoms with Gasteiger partial charge in [0.2, 0.25) is 0 Å². The van der Waals surface area contributed by atoms with Crippen LogP contribution >= 0.6 is 0 Å². The van der Waals surface area contributed by atoms with E-state index in [1.54, 1.807) is 12.1 Å². The fourth-order valence-electron chi connectivity index (χ4n) is 2.86. The molecular weight excluding hydrogens is 306 g/mol. The number of carbonyl (C=O) groups excluding carboxylic acids is 2. The Balaban J connectivity index is 1.75. The summed E-state index contributed by atoms with van der Waals surface area (Å²) in [6, 6.07) is 10.6. The molecule has 7 nitrogen and oxygen atoms in total. The molecule has 0 spiro atoms. The molecule has 1 aliphatic rings. The molecule has 1 aromatic carbocycles. The van der Waals surface area contributed by atoms with Gasteiger partial charge in [0.25, 0.3) is 11.8 Å². The average Bonchev–Trinajstić information content (AvgIpc) is 3.07. The molecule has 1 aliphatic heterocycles. The van der Waals surface area contributed by atoms with Crippen molar-refractivity contribution in [3.05, 3.63) is 47.8 Å². The topological polar surface area (TPSA) is 102 Å². The van der Waals surface area contributed by atoms with E-state index in [-0.39, 0.29) is 17.3 Å². The molecule has 7 heteroatoms. The first-order valence-corrected chi connectivity index (χ1v) is 8.09. The molecule has 0 radical (unpaired) electrons. The zero-order valence-electron chi connectivity index (χ0n) is 13.4. The number of primary amides is 1. The van der Waals surface area contributed by atoms with Crippen molar-refractivity contribution < 1.29 is 9.59 Å². The lowest BCUT2D eigenvalue weighted by atomic mass is 10.00. The standard InChI is InChI=1S/C17H21N5O2/c18-16(23)15-9-14(21-22(15)13-6-2-1-3-7-13)17(24)20-11-12-5-4-8-19-10-12/h1-3,6-7,9,12,19H,4-5,8,10-11H2,(H2,18,23)(H,20,24). The molecule has 1 unspecified atom stereocenters. The number of nitrogens with zero attached hydrogens (tertiary/aromatic N) is 2. The monoisotopic (exact) mass is 327 g/mol. The van der Waals surface area contributed by atoms with Crippen LogP contribution in [-0.2, 0) is 0 Å². The maximum absolute atomic E-state index is 12.3. The molecule has 2 amide bonds. The third-order valence-electron chi connectivity index (χ3n) is 4.15. The lowest BCUT2D eigenvalue weighted by Gasteiger charge is -2.22. The summed E-state index contributed by atoms with van der Waals surface area (Å²) in [6.07, 6.45) is 2.22. The number of amides is 2. The van der Waals surface area contributed by atoms with Crippen LogP contribution in [0.1, 0.15) is 33.8 Å². The highest BCUT2D eigenvalue weighted by Crippen LogP contribution is 2.13. The molecule has 2 heterocycles. The number of hydrogen-bond donors (Lipinski definition) is 3. The number of rotatable bonds is 5. The van der Waals surface area contributed by atoms with Gasteiger partial charge in [0.1, 0.15) is 5.69 Å². The van der Waals surface area contributed by atoms with Crippen LogP contribution < -0.4 is 16.4 Å². The van der Waals surface area contributed by atoms with Gasteiger partial charge in [-0.1, -0.05) is 18.2 Å². The third kappa shape index (κ3) is 3.62. The van der Waals surface area contributed by atoms with Crippen LogP contribution in [0.2, 0.25) is 0 Å². The Bertz CT molecular complexity index is 720. The van der Waals surface area contributed by atoms with E-state index in [4.69, 9.17) is 5.73 Å². The summed E-state index contributed by atoms with van der Waals surface area (Å²) in [7, 11) is 0. The minimum absolute atomic E-state index is 0.186. The predicted molar refractivity (Wildman–Crippen MR) is 90.0 cm³/mol. The van der Waals surface area contributed by atoms with Gasteiger partial charge in [0.15, 0.2) is 5.69 Å². The molecule has 24 heavy (non-hydrogen) atoms. The second kappa shape index (κ2) is 7.27. The normalized spacial score (nSPS) is 17.4. The Morgan fingerprint density at radius 3 is 2.79 bits per heavy atom. The fourth-order valence-corrected chi connectivity index (χ4v) is 2.86. The minimum atomic E-state index is -0.623. The fraction of sp³-hybridized carbons (Fsp3) is 0.353. The average molecular weight is 327 g/mol. The first-order valence-electron chi connectivity index (χ1n) is 8.09. The Labute approximate surface area is 140 Å². The van der Waals surface area contributed by atoms with Gasteiger partial charge in [-0.25, -0.2) is 4.68 Å². The largest absolute Gasteiger partial charge is 0.364 e. The zero-order chi connectivity index (χ0) is 16.9. The molecular formula is C17H21N5O2. The Kier molecular flexibility index (Phi) is 4.90. The van der Waals surface area contributed by atoms with E-state index in [2.05, 4.69) is 15.7 Å². The highest BCUT2D eigenvalue weighted by atomic mass is 16.2. The summed E-state index contributed by atoms with van der Waals surface area (Å²) in [5, 5.41) is 10.5. The van der Waals surface area contributed by atoms with E-state index in [1.807, 2.05) is 18.2 Å². The van der Waals surface area contributed by atoms with Crippen molar-refractivity contribution in [2.45, 2.75) is 12.8 Å². The number of nitrogens with one attached hydrogen (secondary N) is 2. The highest BCUT2D eigenvalue weighted by Gasteiger charge is 2.20. The summed E-state index contributed by atoms with van der Waals surface area (Å²) >= 11 is 0. The van der Waals surface area contributed by atoms with Gasteiger partial charge in [-0.05, 0) is 44.0 Å². The van der Waals surface area contributed by atoms with Gasteiger partial charge in [-0.3, -0.25) is 9.59 Å². The summed E-state index contributed by atoms with van der Waals surface area (Å²) in [5.41, 5.74) is 6.48. The van der Waals surface area contributed by atoms with Crippen molar-refractivity contribution in [3.63, 3.8) is 0 Å². The molecule has 1 saturated heterocycles. The molecule has 4 N–H and O–H groups in total. The zero-order valence-corrected chi connectivity index (χ0v) is 13.4. The van der Waals surface area contributed by atoms with Gasteiger partial charge in [-0.2, -0.15) is 5.10 Å². The van der Waals surface area contributed by atoms with Crippen LogP contribution in [0.25, 0.3) is 5.69 Å².